The van der Waals surface area contributed by atoms with Crippen molar-refractivity contribution in [3.63, 3.8) is 0 Å². The van der Waals surface area contributed by atoms with Crippen LogP contribution in [0.25, 0.3) is 133 Å². The van der Waals surface area contributed by atoms with E-state index in [9.17, 15) is 0 Å². The summed E-state index contributed by atoms with van der Waals surface area (Å²) in [5.74, 6) is 0.812. The number of fused-ring (bicyclic) bond motifs is 36. The number of benzene rings is 5. The quantitative estimate of drug-likeness (QED) is 0.128. The van der Waals surface area contributed by atoms with Crippen LogP contribution in [0.2, 0.25) is 0 Å². The van der Waals surface area contributed by atoms with Crippen LogP contribution < -0.4 is 0 Å². The molecule has 0 spiro atoms. The van der Waals surface area contributed by atoms with Crippen molar-refractivity contribution in [1.29, 1.82) is 0 Å². The molecule has 0 atom stereocenters. The summed E-state index contributed by atoms with van der Waals surface area (Å²) < 4.78 is 23.0. The third kappa shape index (κ3) is 19.2. The van der Waals surface area contributed by atoms with Crippen molar-refractivity contribution in [2.24, 2.45) is 0 Å². The van der Waals surface area contributed by atoms with Crippen molar-refractivity contribution in [1.82, 2.24) is 134 Å². The minimum atomic E-state index is 0. The van der Waals surface area contributed by atoms with Gasteiger partial charge in [0.25, 0.3) is 0 Å². The summed E-state index contributed by atoms with van der Waals surface area (Å²) >= 11 is 0. The summed E-state index contributed by atoms with van der Waals surface area (Å²) in [5.41, 5.74) is 15.8. The molecule has 24 rings (SSSR count). The molecule has 19 heterocycles. The van der Waals surface area contributed by atoms with Gasteiger partial charge in [-0.2, -0.15) is 35.7 Å². The van der Waals surface area contributed by atoms with Crippen LogP contribution in [-0.4, -0.2) is 134 Å². The molecule has 28 nitrogen and oxygen atoms in total. The second kappa shape index (κ2) is 47.3. The number of aromatic nitrogens is 28. The zero-order chi connectivity index (χ0) is 63.2. The number of pyridine rings is 1. The van der Waals surface area contributed by atoms with E-state index >= 15 is 0 Å². The first-order valence-corrected chi connectivity index (χ1v) is 29.7. The van der Waals surface area contributed by atoms with Gasteiger partial charge in [-0.1, -0.05) is 38.5 Å². The van der Waals surface area contributed by atoms with E-state index in [1.165, 1.54) is 6.33 Å². The monoisotopic (exact) mass is 3030 g/mol. The molecule has 12 radical (unpaired) electrons. The fraction of sp³-hybridized carbons (Fsp3) is 0. The van der Waals surface area contributed by atoms with E-state index in [2.05, 4.69) is 155 Å². The molecule has 0 saturated heterocycles. The van der Waals surface area contributed by atoms with Gasteiger partial charge in [0.15, 0.2) is 0 Å². The summed E-state index contributed by atoms with van der Waals surface area (Å²) in [4.78, 5) is 29.9. The Hall–Kier alpha value is -3.92. The van der Waals surface area contributed by atoms with Gasteiger partial charge in [-0.25, -0.2) is 28.0 Å². The van der Waals surface area contributed by atoms with E-state index < -0.39 is 0 Å². The first kappa shape index (κ1) is 108. The number of rotatable bonds is 0. The van der Waals surface area contributed by atoms with Gasteiger partial charge in [-0.15, -0.1) is 144 Å². The zero-order valence-electron chi connectivity index (χ0n) is 60.9. The number of hydrogen-bond acceptors (Lipinski definition) is 16. The fourth-order valence-electron chi connectivity index (χ4n) is 12.3. The Morgan fingerprint density at radius 1 is 0.254 bits per heavy atom. The second-order valence-electron chi connectivity index (χ2n) is 21.5. The maximum absolute atomic E-state index is 4.39. The normalized spacial score (nSPS) is 9.89. The van der Waals surface area contributed by atoms with Gasteiger partial charge in [0.2, 0.25) is 5.78 Å². The SMILES string of the molecule is [CH3-].[CH3-].[CH3-].[CH3-].[CH3-].[CH3-].[Ir].[Ir].[Ir].[Ir].[Ir].[Ir].[Y].[Y].[Y].[Y].[Y].[Y].[c-]1cccc2c1c1nccn1c1cccn21.[c-]1cccc2c1c1ncnn1c1cccn21.[c-]1cccc2c1c1ncnn1c1cncn21.[c-]1cccc2c1c1nncn1c1ccnn21.[c-]1cccc2c1c1nncn1c1nccn21.[c-]1ccnc2c1c1ncnn1c1ccnn21. The molecule has 114 heavy (non-hydrogen) atoms. The molecule has 0 aliphatic rings. The zero-order valence-corrected chi connectivity index (χ0v) is 92.3. The molecular weight excluding hydrogens is 2970 g/mol. The molecule has 0 fully saturated rings. The van der Waals surface area contributed by atoms with E-state index in [-0.39, 0.29) is 361 Å². The van der Waals surface area contributed by atoms with Gasteiger partial charge in [0.1, 0.15) is 59.9 Å². The van der Waals surface area contributed by atoms with Crippen molar-refractivity contribution in [3.8, 4) is 0 Å². The third-order valence-corrected chi connectivity index (χ3v) is 16.4. The Morgan fingerprint density at radius 3 is 1.24 bits per heavy atom. The third-order valence-electron chi connectivity index (χ3n) is 16.4. The molecular formula is C74H56Ir6N28Y6-12. The van der Waals surface area contributed by atoms with E-state index in [0.717, 1.165) is 133 Å². The largest absolute Gasteiger partial charge is 0.358 e. The van der Waals surface area contributed by atoms with Gasteiger partial charge in [0, 0.05) is 360 Å². The number of imidazole rings is 3. The molecule has 0 aliphatic carbocycles. The summed E-state index contributed by atoms with van der Waals surface area (Å²) in [6.45, 7) is 0. The van der Waals surface area contributed by atoms with Crippen molar-refractivity contribution in [2.45, 2.75) is 0 Å². The first-order valence-electron chi connectivity index (χ1n) is 29.7. The van der Waals surface area contributed by atoms with E-state index in [4.69, 9.17) is 0 Å². The standard InChI is InChI=1S/C13H8N3.C12H7N4.3C11H6N5.C10H5N6.6CH3.6Ir.6Y/c1-2-5-11-10(4-1)13-14-7-9-16(13)12-6-3-8-15(11)12;1-2-5-10-9(4-1)12-13-8-14-16(12)11-6-3-7-15(10)11;1-2-4-9-8(3-1)11-13-6-14-16(11)10-5-12-7-15(9)10;1-2-4-9-8(3-1)10-14-13-7-16(10)11-12-5-6-15(9)11;1-2-4-9-8(3-1)11-14-12-7-15(11)10-5-6-13-16(9)10;1-2-7-9(11-4-1)15-8(3-5-13-15)16-10(7)12-6-14-16;;;;;;;;;;;;;;;;;;/h1-3,5-9H;1-3,5-8H;3*1-2,4-7H;1,3-6H;6*1H3;;;;;;;;;;;;/q12*-1;;;;;;;;;;;;. The predicted octanol–water partition coefficient (Wildman–Crippen LogP) is 11.9. The Bertz CT molecular complexity index is 5610. The predicted molar refractivity (Wildman–Crippen MR) is 391 cm³/mol. The minimum Gasteiger partial charge on any atom is -0.358 e. The molecule has 0 bridgehead atoms. The molecule has 24 aromatic rings. The van der Waals surface area contributed by atoms with Crippen LogP contribution >= 0.6 is 0 Å². The van der Waals surface area contributed by atoms with Crippen LogP contribution in [0.15, 0.2) is 233 Å². The van der Waals surface area contributed by atoms with Crippen molar-refractivity contribution >= 4 is 133 Å². The average molecular weight is 3020 g/mol. The fourth-order valence-corrected chi connectivity index (χ4v) is 12.3. The molecule has 0 amide bonds. The van der Waals surface area contributed by atoms with E-state index in [1.807, 2.05) is 161 Å². The van der Waals surface area contributed by atoms with Gasteiger partial charge in [0.05, 0.1) is 64.4 Å². The second-order valence-corrected chi connectivity index (χ2v) is 21.5. The molecule has 0 N–H and O–H groups in total. The molecule has 0 aliphatic heterocycles. The van der Waals surface area contributed by atoms with Crippen LogP contribution in [0, 0.1) is 81.0 Å². The van der Waals surface area contributed by atoms with Gasteiger partial charge < -0.3 is 75.9 Å². The summed E-state index contributed by atoms with van der Waals surface area (Å²) in [6.07, 6.45) is 28.3. The molecule has 5 aromatic carbocycles. The molecule has 40 heteroatoms. The Balaban J connectivity index is 0.000000663. The van der Waals surface area contributed by atoms with E-state index in [0.29, 0.717) is 0 Å². The summed E-state index contributed by atoms with van der Waals surface area (Å²) in [5, 5.41) is 42.9. The van der Waals surface area contributed by atoms with Crippen molar-refractivity contribution < 1.29 is 317 Å². The minimum absolute atomic E-state index is 0. The Morgan fingerprint density at radius 2 is 0.649 bits per heavy atom. The average Bonchev–Trinajstić information content (AvgIpc) is 1.62. The smallest absolute Gasteiger partial charge is 0.204 e. The topological polar surface area (TPSA) is 259 Å². The summed E-state index contributed by atoms with van der Waals surface area (Å²) in [7, 11) is 0. The van der Waals surface area contributed by atoms with Crippen molar-refractivity contribution in [3.05, 3.63) is 314 Å². The molecule has 0 saturated carbocycles. The van der Waals surface area contributed by atoms with Crippen LogP contribution in [0.1, 0.15) is 0 Å². The van der Waals surface area contributed by atoms with Gasteiger partial charge >= 0.3 is 0 Å². The molecule has 576 valence electrons. The Labute approximate surface area is 884 Å². The maximum atomic E-state index is 4.39. The Kier molecular flexibility index (Phi) is 44.9. The molecule has 0 unspecified atom stereocenters. The van der Waals surface area contributed by atoms with Crippen LogP contribution in [0.4, 0.5) is 0 Å². The maximum Gasteiger partial charge on any atom is 0.204 e. The van der Waals surface area contributed by atoms with Crippen LogP contribution in [0.3, 0.4) is 0 Å². The van der Waals surface area contributed by atoms with Crippen LogP contribution in [0.5, 0.6) is 0 Å². The van der Waals surface area contributed by atoms with Crippen LogP contribution in [-0.2, 0) is 317 Å². The van der Waals surface area contributed by atoms with Gasteiger partial charge in [-0.05, 0) is 57.9 Å². The van der Waals surface area contributed by atoms with Gasteiger partial charge in [-0.3, -0.25) is 28.9 Å². The van der Waals surface area contributed by atoms with E-state index in [1.54, 1.807) is 82.2 Å². The summed E-state index contributed by atoms with van der Waals surface area (Å²) in [6, 6.07) is 62.3. The number of hydrogen-bond donors (Lipinski definition) is 0. The molecule has 19 aromatic heterocycles. The number of nitrogens with zero attached hydrogens (tertiary/aromatic N) is 28. The first-order chi connectivity index (χ1) is 47.7. The van der Waals surface area contributed by atoms with Crippen molar-refractivity contribution in [2.75, 3.05) is 0 Å².